The molecule has 0 saturated carbocycles. The van der Waals surface area contributed by atoms with Crippen LogP contribution in [0.15, 0.2) is 223 Å². The number of para-hydroxylation sites is 1. The Morgan fingerprint density at radius 3 is 1.56 bits per heavy atom. The van der Waals surface area contributed by atoms with Crippen LogP contribution in [0.4, 0.5) is 0 Å². The van der Waals surface area contributed by atoms with Gasteiger partial charge in [0, 0.05) is 53.2 Å². The van der Waals surface area contributed by atoms with E-state index in [-0.39, 0.29) is 0 Å². The molecule has 0 bridgehead atoms. The molecule has 62 heavy (non-hydrogen) atoms. The maximum atomic E-state index is 6.79. The van der Waals surface area contributed by atoms with Gasteiger partial charge in [0.25, 0.3) is 0 Å². The summed E-state index contributed by atoms with van der Waals surface area (Å²) in [5, 5.41) is 4.82. The number of aromatic nitrogens is 2. The molecule has 0 aliphatic carbocycles. The highest BCUT2D eigenvalue weighted by Gasteiger charge is 2.20. The number of benzene rings is 9. The Hall–Kier alpha value is -7.92. The Balaban J connectivity index is 0.996. The van der Waals surface area contributed by atoms with Crippen molar-refractivity contribution in [2.45, 2.75) is 0 Å². The molecule has 0 aliphatic rings. The predicted molar refractivity (Wildman–Crippen MR) is 260 cm³/mol. The van der Waals surface area contributed by atoms with Crippen molar-refractivity contribution in [1.82, 2.24) is 9.97 Å². The maximum Gasteiger partial charge on any atom is 0.160 e. The van der Waals surface area contributed by atoms with Crippen molar-refractivity contribution in [2.24, 2.45) is 0 Å². The van der Waals surface area contributed by atoms with Crippen LogP contribution < -0.4 is 0 Å². The molecule has 0 N–H and O–H groups in total. The molecule has 9 aromatic carbocycles. The van der Waals surface area contributed by atoms with E-state index in [1.54, 1.807) is 0 Å². The molecule has 3 heterocycles. The molecule has 290 valence electrons. The van der Waals surface area contributed by atoms with Crippen LogP contribution in [0.25, 0.3) is 121 Å². The Kier molecular flexibility index (Phi) is 8.68. The minimum Gasteiger partial charge on any atom is -0.455 e. The van der Waals surface area contributed by atoms with Crippen molar-refractivity contribution in [3.05, 3.63) is 218 Å². The summed E-state index contributed by atoms with van der Waals surface area (Å²) in [4.78, 5) is 10.4. The number of nitrogens with zero attached hydrogens (tertiary/aromatic N) is 2. The normalized spacial score (nSPS) is 11.5. The molecule has 0 atom stereocenters. The van der Waals surface area contributed by atoms with Gasteiger partial charge in [0.15, 0.2) is 5.82 Å². The number of thiophene rings is 1. The van der Waals surface area contributed by atoms with Crippen molar-refractivity contribution < 1.29 is 4.42 Å². The molecule has 0 fully saturated rings. The van der Waals surface area contributed by atoms with Gasteiger partial charge in [-0.05, 0) is 87.5 Å². The molecule has 0 saturated heterocycles. The van der Waals surface area contributed by atoms with Crippen molar-refractivity contribution >= 4 is 53.4 Å². The Labute approximate surface area is 362 Å². The fourth-order valence-electron chi connectivity index (χ4n) is 8.93. The van der Waals surface area contributed by atoms with Crippen molar-refractivity contribution in [1.29, 1.82) is 0 Å². The third kappa shape index (κ3) is 6.28. The van der Waals surface area contributed by atoms with E-state index in [1.165, 1.54) is 31.3 Å². The van der Waals surface area contributed by atoms with E-state index in [2.05, 4.69) is 194 Å². The van der Waals surface area contributed by atoms with E-state index < -0.39 is 0 Å². The summed E-state index contributed by atoms with van der Waals surface area (Å²) in [6.07, 6.45) is 0. The summed E-state index contributed by atoms with van der Waals surface area (Å²) < 4.78 is 9.37. The highest BCUT2D eigenvalue weighted by atomic mass is 32.1. The molecular weight excluding hydrogens is 773 g/mol. The molecule has 3 aromatic heterocycles. The number of hydrogen-bond donors (Lipinski definition) is 0. The van der Waals surface area contributed by atoms with Crippen molar-refractivity contribution in [2.75, 3.05) is 0 Å². The molecule has 0 unspecified atom stereocenters. The first kappa shape index (κ1) is 36.0. The third-order valence-corrected chi connectivity index (χ3v) is 13.0. The molecular formula is C58H36N2OS. The monoisotopic (exact) mass is 808 g/mol. The standard InChI is InChI=1S/C58H36N2OS/c1-4-15-37(16-5-1)42-33-43(38-17-6-2-7-18-38)35-44(34-42)51-36-50(59-58(60-51)41-19-8-3-9-20-41)40-29-27-39(28-30-40)45-31-32-47(56-48-21-10-12-24-52(48)61-57(45)56)46-23-14-26-54-55(46)49-22-11-13-25-53(49)62-54/h1-36H. The van der Waals surface area contributed by atoms with Gasteiger partial charge in [-0.15, -0.1) is 11.3 Å². The zero-order valence-corrected chi connectivity index (χ0v) is 34.3. The van der Waals surface area contributed by atoms with Gasteiger partial charge in [0.05, 0.1) is 11.4 Å². The van der Waals surface area contributed by atoms with Crippen LogP contribution in [0.5, 0.6) is 0 Å². The average molecular weight is 809 g/mol. The van der Waals surface area contributed by atoms with Gasteiger partial charge in [-0.25, -0.2) is 9.97 Å². The van der Waals surface area contributed by atoms with Crippen LogP contribution in [-0.2, 0) is 0 Å². The van der Waals surface area contributed by atoms with Gasteiger partial charge in [-0.1, -0.05) is 170 Å². The van der Waals surface area contributed by atoms with Crippen LogP contribution in [-0.4, -0.2) is 9.97 Å². The van der Waals surface area contributed by atoms with Gasteiger partial charge in [-0.3, -0.25) is 0 Å². The summed E-state index contributed by atoms with van der Waals surface area (Å²) in [6, 6.07) is 77.3. The van der Waals surface area contributed by atoms with Gasteiger partial charge in [0.2, 0.25) is 0 Å². The van der Waals surface area contributed by atoms with E-state index in [4.69, 9.17) is 14.4 Å². The fourth-order valence-corrected chi connectivity index (χ4v) is 10.1. The average Bonchev–Trinajstić information content (AvgIpc) is 3.94. The number of furan rings is 1. The van der Waals surface area contributed by atoms with Gasteiger partial charge in [-0.2, -0.15) is 0 Å². The second-order valence-electron chi connectivity index (χ2n) is 15.7. The van der Waals surface area contributed by atoms with Crippen molar-refractivity contribution in [3.8, 4) is 78.4 Å². The summed E-state index contributed by atoms with van der Waals surface area (Å²) in [6.45, 7) is 0. The van der Waals surface area contributed by atoms with Crippen LogP contribution in [0.3, 0.4) is 0 Å². The highest BCUT2D eigenvalue weighted by Crippen LogP contribution is 2.46. The molecule has 0 spiro atoms. The number of hydrogen-bond acceptors (Lipinski definition) is 4. The Morgan fingerprint density at radius 1 is 0.323 bits per heavy atom. The van der Waals surface area contributed by atoms with E-state index in [0.717, 1.165) is 83.4 Å². The van der Waals surface area contributed by atoms with Crippen LogP contribution >= 0.6 is 11.3 Å². The van der Waals surface area contributed by atoms with Crippen molar-refractivity contribution in [3.63, 3.8) is 0 Å². The second kappa shape index (κ2) is 15.0. The third-order valence-electron chi connectivity index (χ3n) is 11.9. The lowest BCUT2D eigenvalue weighted by Crippen LogP contribution is -1.96. The fraction of sp³-hybridized carbons (Fsp3) is 0. The number of rotatable bonds is 7. The van der Waals surface area contributed by atoms with Crippen LogP contribution in [0.1, 0.15) is 0 Å². The number of fused-ring (bicyclic) bond motifs is 6. The molecule has 0 amide bonds. The predicted octanol–water partition coefficient (Wildman–Crippen LogP) is 16.4. The summed E-state index contributed by atoms with van der Waals surface area (Å²) in [5.41, 5.74) is 15.6. The maximum absolute atomic E-state index is 6.79. The smallest absolute Gasteiger partial charge is 0.160 e. The molecule has 4 heteroatoms. The van der Waals surface area contributed by atoms with Gasteiger partial charge >= 0.3 is 0 Å². The lowest BCUT2D eigenvalue weighted by atomic mass is 9.92. The Bertz CT molecular complexity index is 3550. The van der Waals surface area contributed by atoms with E-state index in [1.807, 2.05) is 35.6 Å². The summed E-state index contributed by atoms with van der Waals surface area (Å²) in [5.74, 6) is 0.682. The zero-order chi connectivity index (χ0) is 41.0. The quantitative estimate of drug-likeness (QED) is 0.161. The van der Waals surface area contributed by atoms with E-state index in [9.17, 15) is 0 Å². The molecule has 3 nitrogen and oxygen atoms in total. The summed E-state index contributed by atoms with van der Waals surface area (Å²) in [7, 11) is 0. The second-order valence-corrected chi connectivity index (χ2v) is 16.8. The largest absolute Gasteiger partial charge is 0.455 e. The first-order valence-electron chi connectivity index (χ1n) is 20.9. The molecule has 0 aliphatic heterocycles. The highest BCUT2D eigenvalue weighted by molar-refractivity contribution is 7.25. The van der Waals surface area contributed by atoms with Gasteiger partial charge in [0.1, 0.15) is 11.2 Å². The molecule has 12 rings (SSSR count). The van der Waals surface area contributed by atoms with Crippen LogP contribution in [0, 0.1) is 0 Å². The zero-order valence-electron chi connectivity index (χ0n) is 33.5. The summed E-state index contributed by atoms with van der Waals surface area (Å²) >= 11 is 1.85. The first-order chi connectivity index (χ1) is 30.7. The lowest BCUT2D eigenvalue weighted by molar-refractivity contribution is 0.670. The van der Waals surface area contributed by atoms with E-state index in [0.29, 0.717) is 5.82 Å². The van der Waals surface area contributed by atoms with Gasteiger partial charge < -0.3 is 4.42 Å². The minimum atomic E-state index is 0.682. The minimum absolute atomic E-state index is 0.682. The van der Waals surface area contributed by atoms with Crippen LogP contribution in [0.2, 0.25) is 0 Å². The SMILES string of the molecule is c1ccc(-c2cc(-c3ccccc3)cc(-c3cc(-c4ccc(-c5ccc(-c6cccc7sc8ccccc8c67)c6c5oc5ccccc56)cc4)nc(-c4ccccc4)n3)c2)cc1. The molecule has 12 aromatic rings. The lowest BCUT2D eigenvalue weighted by Gasteiger charge is -2.13. The topological polar surface area (TPSA) is 38.9 Å². The van der Waals surface area contributed by atoms with E-state index >= 15 is 0 Å². The molecule has 0 radical (unpaired) electrons. The Morgan fingerprint density at radius 2 is 0.855 bits per heavy atom. The first-order valence-corrected chi connectivity index (χ1v) is 21.7.